The molecule has 0 aromatic carbocycles. The van der Waals surface area contributed by atoms with Crippen molar-refractivity contribution in [3.8, 4) is 0 Å². The number of nitro groups is 1. The lowest BCUT2D eigenvalue weighted by Crippen LogP contribution is -2.04. The number of aromatic nitrogens is 1. The van der Waals surface area contributed by atoms with Gasteiger partial charge in [-0.1, -0.05) is 0 Å². The molecule has 0 saturated heterocycles. The van der Waals surface area contributed by atoms with Crippen LogP contribution in [0.15, 0.2) is 6.20 Å². The molecule has 0 saturated carbocycles. The second kappa shape index (κ2) is 3.52. The van der Waals surface area contributed by atoms with Crippen molar-refractivity contribution >= 4 is 11.4 Å². The van der Waals surface area contributed by atoms with Crippen molar-refractivity contribution in [3.63, 3.8) is 0 Å². The van der Waals surface area contributed by atoms with Crippen molar-refractivity contribution in [2.75, 3.05) is 5.73 Å². The number of anilines is 1. The number of nitrogens with two attached hydrogens (primary N) is 1. The van der Waals surface area contributed by atoms with Gasteiger partial charge in [-0.2, -0.15) is 0 Å². The molecular formula is C7H7F2N3O2. The Bertz CT molecular complexity index is 381. The lowest BCUT2D eigenvalue weighted by atomic mass is 10.1. The van der Waals surface area contributed by atoms with Crippen LogP contribution in [0.2, 0.25) is 0 Å². The molecule has 1 rings (SSSR count). The first-order valence-corrected chi connectivity index (χ1v) is 3.62. The summed E-state index contributed by atoms with van der Waals surface area (Å²) in [5.74, 6) is 0. The first-order chi connectivity index (χ1) is 6.45. The summed E-state index contributed by atoms with van der Waals surface area (Å²) >= 11 is 0. The van der Waals surface area contributed by atoms with E-state index in [0.29, 0.717) is 0 Å². The van der Waals surface area contributed by atoms with E-state index >= 15 is 0 Å². The van der Waals surface area contributed by atoms with Gasteiger partial charge in [0, 0.05) is 0 Å². The second-order valence-corrected chi connectivity index (χ2v) is 2.63. The molecule has 0 aliphatic rings. The summed E-state index contributed by atoms with van der Waals surface area (Å²) in [4.78, 5) is 13.0. The third-order valence-corrected chi connectivity index (χ3v) is 1.74. The molecule has 76 valence electrons. The summed E-state index contributed by atoms with van der Waals surface area (Å²) in [5.41, 5.74) is 3.73. The van der Waals surface area contributed by atoms with Crippen LogP contribution in [0.1, 0.15) is 17.7 Å². The molecule has 0 amide bonds. The van der Waals surface area contributed by atoms with Gasteiger partial charge in [0.2, 0.25) is 0 Å². The first kappa shape index (κ1) is 10.3. The van der Waals surface area contributed by atoms with E-state index in [4.69, 9.17) is 5.73 Å². The number of nitrogens with zero attached hydrogens (tertiary/aromatic N) is 2. The molecule has 2 N–H and O–H groups in total. The third kappa shape index (κ3) is 1.61. The molecule has 7 heteroatoms. The van der Waals surface area contributed by atoms with Gasteiger partial charge in [0.25, 0.3) is 12.1 Å². The summed E-state index contributed by atoms with van der Waals surface area (Å²) in [5, 5.41) is 10.5. The Hall–Kier alpha value is -1.79. The lowest BCUT2D eigenvalue weighted by molar-refractivity contribution is -0.384. The summed E-state index contributed by atoms with van der Waals surface area (Å²) in [6, 6.07) is 0. The topological polar surface area (TPSA) is 82.0 Å². The molecule has 5 nitrogen and oxygen atoms in total. The van der Waals surface area contributed by atoms with Gasteiger partial charge < -0.3 is 5.73 Å². The minimum atomic E-state index is -2.84. The summed E-state index contributed by atoms with van der Waals surface area (Å²) in [6.45, 7) is 1.20. The quantitative estimate of drug-likeness (QED) is 0.587. The minimum Gasteiger partial charge on any atom is -0.392 e. The van der Waals surface area contributed by atoms with Gasteiger partial charge in [-0.15, -0.1) is 0 Å². The standard InChI is InChI=1S/C7H7F2N3O2/c1-3-5(7(8)9)11-2-4(10)6(3)12(13)14/h2,7H,10H2,1H3. The minimum absolute atomic E-state index is 0.190. The van der Waals surface area contributed by atoms with Crippen molar-refractivity contribution in [2.24, 2.45) is 0 Å². The molecule has 14 heavy (non-hydrogen) atoms. The Morgan fingerprint density at radius 3 is 2.64 bits per heavy atom. The molecule has 1 heterocycles. The number of halogens is 2. The Kier molecular flexibility index (Phi) is 2.59. The van der Waals surface area contributed by atoms with Crippen LogP contribution in [0.3, 0.4) is 0 Å². The monoisotopic (exact) mass is 203 g/mol. The molecular weight excluding hydrogens is 196 g/mol. The fourth-order valence-electron chi connectivity index (χ4n) is 1.10. The van der Waals surface area contributed by atoms with Crippen LogP contribution in [0.25, 0.3) is 0 Å². The zero-order chi connectivity index (χ0) is 10.9. The Labute approximate surface area is 77.7 Å². The molecule has 0 unspecified atom stereocenters. The van der Waals surface area contributed by atoms with Crippen molar-refractivity contribution < 1.29 is 13.7 Å². The van der Waals surface area contributed by atoms with E-state index in [1.165, 1.54) is 6.92 Å². The zero-order valence-electron chi connectivity index (χ0n) is 7.20. The molecule has 0 bridgehead atoms. The Morgan fingerprint density at radius 1 is 1.64 bits per heavy atom. The highest BCUT2D eigenvalue weighted by Gasteiger charge is 2.23. The number of nitrogen functional groups attached to an aromatic ring is 1. The number of hydrogen-bond acceptors (Lipinski definition) is 4. The van der Waals surface area contributed by atoms with E-state index in [1.807, 2.05) is 0 Å². The zero-order valence-corrected chi connectivity index (χ0v) is 7.20. The number of alkyl halides is 2. The highest BCUT2D eigenvalue weighted by Crippen LogP contribution is 2.31. The maximum Gasteiger partial charge on any atom is 0.298 e. The van der Waals surface area contributed by atoms with Gasteiger partial charge in [0.15, 0.2) is 0 Å². The largest absolute Gasteiger partial charge is 0.392 e. The molecule has 1 aromatic rings. The van der Waals surface area contributed by atoms with Crippen LogP contribution in [-0.4, -0.2) is 9.91 Å². The van der Waals surface area contributed by atoms with E-state index in [1.54, 1.807) is 0 Å². The van der Waals surface area contributed by atoms with Gasteiger partial charge in [0.05, 0.1) is 16.7 Å². The van der Waals surface area contributed by atoms with Gasteiger partial charge in [-0.05, 0) is 6.92 Å². The Morgan fingerprint density at radius 2 is 2.21 bits per heavy atom. The van der Waals surface area contributed by atoms with Crippen molar-refractivity contribution in [3.05, 3.63) is 27.6 Å². The normalized spacial score (nSPS) is 10.6. The molecule has 0 spiro atoms. The van der Waals surface area contributed by atoms with Crippen LogP contribution in [0.5, 0.6) is 0 Å². The van der Waals surface area contributed by atoms with Crippen LogP contribution in [0, 0.1) is 17.0 Å². The molecule has 0 aliphatic carbocycles. The van der Waals surface area contributed by atoms with E-state index in [-0.39, 0.29) is 11.3 Å². The molecule has 0 radical (unpaired) electrons. The van der Waals surface area contributed by atoms with Crippen LogP contribution >= 0.6 is 0 Å². The van der Waals surface area contributed by atoms with E-state index in [0.717, 1.165) is 6.20 Å². The third-order valence-electron chi connectivity index (χ3n) is 1.74. The van der Waals surface area contributed by atoms with Gasteiger partial charge in [-0.3, -0.25) is 15.1 Å². The summed E-state index contributed by atoms with van der Waals surface area (Å²) < 4.78 is 24.6. The summed E-state index contributed by atoms with van der Waals surface area (Å²) in [7, 11) is 0. The fourth-order valence-corrected chi connectivity index (χ4v) is 1.10. The fraction of sp³-hybridized carbons (Fsp3) is 0.286. The number of rotatable bonds is 2. The number of pyridine rings is 1. The lowest BCUT2D eigenvalue weighted by Gasteiger charge is -2.05. The number of hydrogen-bond donors (Lipinski definition) is 1. The highest BCUT2D eigenvalue weighted by atomic mass is 19.3. The maximum absolute atomic E-state index is 12.3. The predicted molar refractivity (Wildman–Crippen MR) is 45.0 cm³/mol. The van der Waals surface area contributed by atoms with E-state index < -0.39 is 22.7 Å². The van der Waals surface area contributed by atoms with E-state index in [9.17, 15) is 18.9 Å². The first-order valence-electron chi connectivity index (χ1n) is 3.62. The van der Waals surface area contributed by atoms with Crippen molar-refractivity contribution in [2.45, 2.75) is 13.3 Å². The van der Waals surface area contributed by atoms with Crippen molar-refractivity contribution in [1.82, 2.24) is 4.98 Å². The molecule has 0 fully saturated rings. The van der Waals surface area contributed by atoms with Crippen LogP contribution in [-0.2, 0) is 0 Å². The van der Waals surface area contributed by atoms with Crippen LogP contribution < -0.4 is 5.73 Å². The highest BCUT2D eigenvalue weighted by molar-refractivity contribution is 5.61. The predicted octanol–water partition coefficient (Wildman–Crippen LogP) is 1.82. The molecule has 1 aromatic heterocycles. The summed E-state index contributed by atoms with van der Waals surface area (Å²) in [6.07, 6.45) is -1.97. The second-order valence-electron chi connectivity index (χ2n) is 2.63. The SMILES string of the molecule is Cc1c(C(F)F)ncc(N)c1[N+](=O)[O-]. The average Bonchev–Trinajstić information content (AvgIpc) is 2.02. The van der Waals surface area contributed by atoms with E-state index in [2.05, 4.69) is 4.98 Å². The smallest absolute Gasteiger partial charge is 0.298 e. The van der Waals surface area contributed by atoms with Gasteiger partial charge in [0.1, 0.15) is 11.4 Å². The Balaban J connectivity index is 3.41. The van der Waals surface area contributed by atoms with Gasteiger partial charge >= 0.3 is 0 Å². The van der Waals surface area contributed by atoms with Crippen LogP contribution in [0.4, 0.5) is 20.2 Å². The molecule has 0 aliphatic heterocycles. The molecule has 0 atom stereocenters. The maximum atomic E-state index is 12.3. The van der Waals surface area contributed by atoms with Gasteiger partial charge in [-0.25, -0.2) is 8.78 Å². The average molecular weight is 203 g/mol. The van der Waals surface area contributed by atoms with Crippen molar-refractivity contribution in [1.29, 1.82) is 0 Å².